The Morgan fingerprint density at radius 3 is 2.53 bits per heavy atom. The van der Waals surface area contributed by atoms with Crippen molar-refractivity contribution in [1.29, 1.82) is 0 Å². The van der Waals surface area contributed by atoms with Gasteiger partial charge >= 0.3 is 0 Å². The minimum atomic E-state index is -0.0781. The Morgan fingerprint density at radius 2 is 2.00 bits per heavy atom. The first kappa shape index (κ1) is 13.5. The Labute approximate surface area is 125 Å². The molecule has 0 saturated heterocycles. The predicted molar refractivity (Wildman–Crippen MR) is 80.3 cm³/mol. The highest BCUT2D eigenvalue weighted by Gasteiger charge is 2.17. The number of nitrogens with one attached hydrogen (secondary N) is 1. The molecular formula is C11H9Br2ClN2S. The van der Waals surface area contributed by atoms with Gasteiger partial charge in [0.2, 0.25) is 0 Å². The molecule has 0 aliphatic carbocycles. The summed E-state index contributed by atoms with van der Waals surface area (Å²) in [5.41, 5.74) is 4.94. The van der Waals surface area contributed by atoms with Gasteiger partial charge in [-0.3, -0.25) is 5.84 Å². The molecule has 1 aromatic heterocycles. The van der Waals surface area contributed by atoms with E-state index in [1.54, 1.807) is 11.3 Å². The van der Waals surface area contributed by atoms with Gasteiger partial charge in [0.05, 0.1) is 6.04 Å². The van der Waals surface area contributed by atoms with Gasteiger partial charge in [0.15, 0.2) is 0 Å². The molecule has 90 valence electrons. The van der Waals surface area contributed by atoms with Crippen LogP contribution in [-0.4, -0.2) is 0 Å². The van der Waals surface area contributed by atoms with Crippen LogP contribution in [0, 0.1) is 0 Å². The molecule has 0 aliphatic heterocycles. The van der Waals surface area contributed by atoms with E-state index in [1.807, 2.05) is 23.6 Å². The minimum Gasteiger partial charge on any atom is -0.271 e. The Kier molecular flexibility index (Phi) is 4.63. The molecule has 0 bridgehead atoms. The molecular weight excluding hydrogens is 387 g/mol. The van der Waals surface area contributed by atoms with Crippen molar-refractivity contribution in [3.05, 3.63) is 54.1 Å². The molecule has 6 heteroatoms. The summed E-state index contributed by atoms with van der Waals surface area (Å²) in [5, 5.41) is 4.77. The third-order valence-electron chi connectivity index (χ3n) is 2.34. The molecule has 0 aliphatic rings. The normalized spacial score (nSPS) is 12.7. The fraction of sp³-hybridized carbons (Fsp3) is 0.0909. The van der Waals surface area contributed by atoms with Gasteiger partial charge in [0.25, 0.3) is 0 Å². The van der Waals surface area contributed by atoms with Gasteiger partial charge in [-0.2, -0.15) is 11.3 Å². The van der Waals surface area contributed by atoms with E-state index in [0.717, 1.165) is 20.1 Å². The van der Waals surface area contributed by atoms with Gasteiger partial charge < -0.3 is 0 Å². The molecule has 1 heterocycles. The fourth-order valence-electron chi connectivity index (χ4n) is 1.60. The summed E-state index contributed by atoms with van der Waals surface area (Å²) in [5.74, 6) is 5.64. The number of halogens is 3. The highest BCUT2D eigenvalue weighted by Crippen LogP contribution is 2.33. The van der Waals surface area contributed by atoms with Gasteiger partial charge in [0, 0.05) is 19.3 Å². The van der Waals surface area contributed by atoms with Crippen LogP contribution >= 0.6 is 54.8 Å². The Balaban J connectivity index is 2.45. The zero-order valence-electron chi connectivity index (χ0n) is 8.58. The van der Waals surface area contributed by atoms with Crippen molar-refractivity contribution in [2.75, 3.05) is 0 Å². The average Bonchev–Trinajstić information content (AvgIpc) is 2.65. The Hall–Kier alpha value is 0.0900. The van der Waals surface area contributed by atoms with Gasteiger partial charge in [0.1, 0.15) is 0 Å². The minimum absolute atomic E-state index is 0.0781. The van der Waals surface area contributed by atoms with Crippen LogP contribution in [0.25, 0.3) is 0 Å². The molecule has 0 radical (unpaired) electrons. The van der Waals surface area contributed by atoms with Crippen LogP contribution in [0.1, 0.15) is 17.2 Å². The lowest BCUT2D eigenvalue weighted by Gasteiger charge is -2.16. The molecule has 1 aromatic carbocycles. The molecule has 0 saturated carbocycles. The summed E-state index contributed by atoms with van der Waals surface area (Å²) in [6.45, 7) is 0. The topological polar surface area (TPSA) is 38.0 Å². The van der Waals surface area contributed by atoms with Gasteiger partial charge in [-0.05, 0) is 50.6 Å². The molecule has 3 N–H and O–H groups in total. The highest BCUT2D eigenvalue weighted by atomic mass is 79.9. The quantitative estimate of drug-likeness (QED) is 0.593. The van der Waals surface area contributed by atoms with Crippen LogP contribution in [0.4, 0.5) is 0 Å². The maximum Gasteiger partial charge on any atom is 0.0730 e. The van der Waals surface area contributed by atoms with Crippen molar-refractivity contribution in [3.63, 3.8) is 0 Å². The predicted octanol–water partition coefficient (Wildman–Crippen LogP) is 4.48. The number of benzene rings is 1. The van der Waals surface area contributed by atoms with Crippen LogP contribution in [0.5, 0.6) is 0 Å². The molecule has 0 spiro atoms. The largest absolute Gasteiger partial charge is 0.271 e. The summed E-state index contributed by atoms with van der Waals surface area (Å²) in [7, 11) is 0. The second-order valence-electron chi connectivity index (χ2n) is 3.48. The monoisotopic (exact) mass is 394 g/mol. The molecule has 0 fully saturated rings. The smallest absolute Gasteiger partial charge is 0.0730 e. The van der Waals surface area contributed by atoms with E-state index in [-0.39, 0.29) is 6.04 Å². The Morgan fingerprint density at radius 1 is 1.24 bits per heavy atom. The second-order valence-corrected chi connectivity index (χ2v) is 6.43. The number of hydrogen-bond donors (Lipinski definition) is 2. The number of hydrogen-bond acceptors (Lipinski definition) is 3. The first-order valence-electron chi connectivity index (χ1n) is 4.75. The summed E-state index contributed by atoms with van der Waals surface area (Å²) in [4.78, 5) is 0. The van der Waals surface area contributed by atoms with E-state index in [0.29, 0.717) is 5.02 Å². The van der Waals surface area contributed by atoms with E-state index in [2.05, 4.69) is 42.7 Å². The lowest BCUT2D eigenvalue weighted by Crippen LogP contribution is -2.28. The van der Waals surface area contributed by atoms with Gasteiger partial charge in [-0.1, -0.05) is 27.5 Å². The van der Waals surface area contributed by atoms with Crippen molar-refractivity contribution in [3.8, 4) is 0 Å². The third kappa shape index (κ3) is 3.10. The SMILES string of the molecule is NNC(c1cc(Cl)cc(Br)c1)c1cscc1Br. The van der Waals surface area contributed by atoms with Crippen LogP contribution in [-0.2, 0) is 0 Å². The molecule has 17 heavy (non-hydrogen) atoms. The molecule has 1 unspecified atom stereocenters. The first-order valence-corrected chi connectivity index (χ1v) is 7.66. The van der Waals surface area contributed by atoms with Crippen molar-refractivity contribution < 1.29 is 0 Å². The summed E-state index contributed by atoms with van der Waals surface area (Å²) in [6, 6.07) is 5.67. The maximum atomic E-state index is 6.04. The van der Waals surface area contributed by atoms with Crippen LogP contribution in [0.15, 0.2) is 37.9 Å². The van der Waals surface area contributed by atoms with E-state index in [9.17, 15) is 0 Å². The average molecular weight is 397 g/mol. The zero-order valence-corrected chi connectivity index (χ0v) is 13.3. The van der Waals surface area contributed by atoms with E-state index >= 15 is 0 Å². The lowest BCUT2D eigenvalue weighted by molar-refractivity contribution is 0.636. The molecule has 2 rings (SSSR count). The van der Waals surface area contributed by atoms with Crippen molar-refractivity contribution in [1.82, 2.24) is 5.43 Å². The summed E-state index contributed by atoms with van der Waals surface area (Å²) in [6.07, 6.45) is 0. The number of rotatable bonds is 3. The molecule has 2 aromatic rings. The third-order valence-corrected chi connectivity index (χ3v) is 4.77. The van der Waals surface area contributed by atoms with Crippen molar-refractivity contribution >= 4 is 54.8 Å². The number of hydrazine groups is 1. The van der Waals surface area contributed by atoms with E-state index in [4.69, 9.17) is 17.4 Å². The standard InChI is InChI=1S/C11H9Br2ClN2S/c12-7-1-6(2-8(14)3-7)11(16-15)9-4-17-5-10(9)13/h1-5,11,16H,15H2. The van der Waals surface area contributed by atoms with Gasteiger partial charge in [-0.15, -0.1) is 0 Å². The van der Waals surface area contributed by atoms with Crippen LogP contribution in [0.2, 0.25) is 5.02 Å². The summed E-state index contributed by atoms with van der Waals surface area (Å²) >= 11 is 14.6. The fourth-order valence-corrected chi connectivity index (χ4v) is 4.04. The summed E-state index contributed by atoms with van der Waals surface area (Å²) < 4.78 is 1.98. The lowest BCUT2D eigenvalue weighted by atomic mass is 10.0. The molecule has 1 atom stereocenters. The van der Waals surface area contributed by atoms with E-state index < -0.39 is 0 Å². The highest BCUT2D eigenvalue weighted by molar-refractivity contribution is 9.10. The van der Waals surface area contributed by atoms with Crippen LogP contribution in [0.3, 0.4) is 0 Å². The van der Waals surface area contributed by atoms with Gasteiger partial charge in [-0.25, -0.2) is 5.43 Å². The van der Waals surface area contributed by atoms with Crippen molar-refractivity contribution in [2.24, 2.45) is 5.84 Å². The molecule has 0 amide bonds. The van der Waals surface area contributed by atoms with Crippen molar-refractivity contribution in [2.45, 2.75) is 6.04 Å². The van der Waals surface area contributed by atoms with E-state index in [1.165, 1.54) is 0 Å². The molecule has 2 nitrogen and oxygen atoms in total. The number of nitrogens with two attached hydrogens (primary N) is 1. The zero-order chi connectivity index (χ0) is 12.4. The Bertz CT molecular complexity index is 510. The second kappa shape index (κ2) is 5.82. The van der Waals surface area contributed by atoms with Crippen LogP contribution < -0.4 is 11.3 Å². The maximum absolute atomic E-state index is 6.04. The number of thiophene rings is 1. The first-order chi connectivity index (χ1) is 8.11.